The standard InChI is InChI=1S/C15H13N7OS/c1-23-9-2-3-10-11(6-9)24-15(20-10)21-13-12(16)14(19-7-18-13)22-5-4-17-8-22/h2-8H,16H2,1H3,(H,18,19,20,21). The molecule has 0 aliphatic rings. The molecule has 4 aromatic rings. The van der Waals surface area contributed by atoms with Gasteiger partial charge in [-0.2, -0.15) is 0 Å². The molecule has 0 aliphatic heterocycles. The summed E-state index contributed by atoms with van der Waals surface area (Å²) in [6.45, 7) is 0. The number of imidazole rings is 1. The predicted octanol–water partition coefficient (Wildman–Crippen LogP) is 2.61. The van der Waals surface area contributed by atoms with Crippen LogP contribution in [0.25, 0.3) is 16.0 Å². The van der Waals surface area contributed by atoms with E-state index in [0.717, 1.165) is 16.0 Å². The number of fused-ring (bicyclic) bond motifs is 1. The second-order valence-electron chi connectivity index (χ2n) is 4.91. The SMILES string of the molecule is COc1ccc2nc(Nc3ncnc(-n4ccnc4)c3N)sc2c1. The molecule has 4 rings (SSSR count). The molecule has 24 heavy (non-hydrogen) atoms. The number of nitrogens with two attached hydrogens (primary N) is 1. The van der Waals surface area contributed by atoms with E-state index in [1.165, 1.54) is 17.7 Å². The fourth-order valence-corrected chi connectivity index (χ4v) is 3.16. The summed E-state index contributed by atoms with van der Waals surface area (Å²) in [6.07, 6.45) is 6.51. The lowest BCUT2D eigenvalue weighted by Gasteiger charge is -2.09. The molecular formula is C15H13N7OS. The molecule has 3 heterocycles. The van der Waals surface area contributed by atoms with Crippen molar-refractivity contribution >= 4 is 38.2 Å². The van der Waals surface area contributed by atoms with Crippen LogP contribution < -0.4 is 15.8 Å². The van der Waals surface area contributed by atoms with Gasteiger partial charge in [0.25, 0.3) is 0 Å². The molecule has 0 aliphatic carbocycles. The van der Waals surface area contributed by atoms with Gasteiger partial charge >= 0.3 is 0 Å². The van der Waals surface area contributed by atoms with Crippen molar-refractivity contribution in [3.8, 4) is 11.6 Å². The van der Waals surface area contributed by atoms with Crippen molar-refractivity contribution in [2.45, 2.75) is 0 Å². The Morgan fingerprint density at radius 2 is 2.21 bits per heavy atom. The Balaban J connectivity index is 1.69. The van der Waals surface area contributed by atoms with Crippen molar-refractivity contribution in [1.29, 1.82) is 0 Å². The summed E-state index contributed by atoms with van der Waals surface area (Å²) < 4.78 is 7.98. The second-order valence-corrected chi connectivity index (χ2v) is 5.94. The molecule has 0 bridgehead atoms. The van der Waals surface area contributed by atoms with E-state index in [2.05, 4.69) is 25.3 Å². The number of hydrogen-bond acceptors (Lipinski definition) is 8. The number of benzene rings is 1. The molecular weight excluding hydrogens is 326 g/mol. The average Bonchev–Trinajstić information content (AvgIpc) is 3.25. The number of hydrogen-bond donors (Lipinski definition) is 2. The van der Waals surface area contributed by atoms with Crippen LogP contribution in [0.4, 0.5) is 16.6 Å². The van der Waals surface area contributed by atoms with E-state index in [9.17, 15) is 0 Å². The van der Waals surface area contributed by atoms with Crippen LogP contribution in [-0.2, 0) is 0 Å². The molecule has 0 atom stereocenters. The first kappa shape index (κ1) is 14.4. The van der Waals surface area contributed by atoms with Crippen LogP contribution in [-0.4, -0.2) is 31.6 Å². The van der Waals surface area contributed by atoms with Crippen LogP contribution >= 0.6 is 11.3 Å². The van der Waals surface area contributed by atoms with Crippen LogP contribution in [0.15, 0.2) is 43.2 Å². The Bertz CT molecular complexity index is 996. The summed E-state index contributed by atoms with van der Waals surface area (Å²) in [5, 5.41) is 3.85. The highest BCUT2D eigenvalue weighted by Crippen LogP contribution is 2.32. The first-order chi connectivity index (χ1) is 11.7. The molecule has 0 radical (unpaired) electrons. The number of rotatable bonds is 4. The highest BCUT2D eigenvalue weighted by Gasteiger charge is 2.12. The van der Waals surface area contributed by atoms with E-state index >= 15 is 0 Å². The third-order valence-corrected chi connectivity index (χ3v) is 4.37. The number of nitrogen functional groups attached to an aromatic ring is 1. The zero-order valence-corrected chi connectivity index (χ0v) is 13.5. The quantitative estimate of drug-likeness (QED) is 0.589. The number of aromatic nitrogens is 5. The molecule has 3 aromatic heterocycles. The van der Waals surface area contributed by atoms with Crippen molar-refractivity contribution < 1.29 is 4.74 Å². The molecule has 120 valence electrons. The van der Waals surface area contributed by atoms with Gasteiger partial charge in [0.2, 0.25) is 0 Å². The Hall–Kier alpha value is -3.20. The van der Waals surface area contributed by atoms with Gasteiger partial charge in [0, 0.05) is 12.4 Å². The van der Waals surface area contributed by atoms with Crippen molar-refractivity contribution in [3.05, 3.63) is 43.2 Å². The van der Waals surface area contributed by atoms with E-state index in [1.807, 2.05) is 18.2 Å². The maximum absolute atomic E-state index is 6.18. The molecule has 1 aromatic carbocycles. The summed E-state index contributed by atoms with van der Waals surface area (Å²) in [5.74, 6) is 1.86. The van der Waals surface area contributed by atoms with Crippen molar-refractivity contribution in [3.63, 3.8) is 0 Å². The van der Waals surface area contributed by atoms with Gasteiger partial charge in [-0.25, -0.2) is 19.9 Å². The van der Waals surface area contributed by atoms with Crippen LogP contribution in [0.3, 0.4) is 0 Å². The summed E-state index contributed by atoms with van der Waals surface area (Å²) in [4.78, 5) is 16.9. The van der Waals surface area contributed by atoms with Gasteiger partial charge in [-0.1, -0.05) is 11.3 Å². The smallest absolute Gasteiger partial charge is 0.189 e. The van der Waals surface area contributed by atoms with Gasteiger partial charge in [-0.3, -0.25) is 4.57 Å². The van der Waals surface area contributed by atoms with E-state index in [4.69, 9.17) is 10.5 Å². The molecule has 0 saturated carbocycles. The highest BCUT2D eigenvalue weighted by atomic mass is 32.1. The molecule has 0 amide bonds. The lowest BCUT2D eigenvalue weighted by molar-refractivity contribution is 0.415. The van der Waals surface area contributed by atoms with Crippen LogP contribution in [0, 0.1) is 0 Å². The minimum absolute atomic E-state index is 0.423. The van der Waals surface area contributed by atoms with E-state index < -0.39 is 0 Å². The highest BCUT2D eigenvalue weighted by molar-refractivity contribution is 7.22. The number of ether oxygens (including phenoxy) is 1. The molecule has 9 heteroatoms. The van der Waals surface area contributed by atoms with Gasteiger partial charge in [0.05, 0.1) is 17.3 Å². The zero-order chi connectivity index (χ0) is 16.5. The van der Waals surface area contributed by atoms with Crippen LogP contribution in [0.5, 0.6) is 5.75 Å². The third kappa shape index (κ3) is 2.50. The minimum atomic E-state index is 0.423. The molecule has 0 spiro atoms. The number of methoxy groups -OCH3 is 1. The van der Waals surface area contributed by atoms with Crippen molar-refractivity contribution in [2.75, 3.05) is 18.2 Å². The molecule has 3 N–H and O–H groups in total. The molecule has 0 saturated heterocycles. The van der Waals surface area contributed by atoms with Crippen molar-refractivity contribution in [1.82, 2.24) is 24.5 Å². The maximum atomic E-state index is 6.18. The maximum Gasteiger partial charge on any atom is 0.189 e. The first-order valence-corrected chi connectivity index (χ1v) is 7.86. The molecule has 8 nitrogen and oxygen atoms in total. The minimum Gasteiger partial charge on any atom is -0.497 e. The van der Waals surface area contributed by atoms with E-state index in [-0.39, 0.29) is 0 Å². The lowest BCUT2D eigenvalue weighted by Crippen LogP contribution is -2.06. The van der Waals surface area contributed by atoms with Gasteiger partial charge in [-0.15, -0.1) is 0 Å². The van der Waals surface area contributed by atoms with Crippen LogP contribution in [0.1, 0.15) is 0 Å². The average molecular weight is 339 g/mol. The largest absolute Gasteiger partial charge is 0.497 e. The monoisotopic (exact) mass is 339 g/mol. The summed E-state index contributed by atoms with van der Waals surface area (Å²) in [5.41, 5.74) is 7.49. The lowest BCUT2D eigenvalue weighted by atomic mass is 10.3. The fraction of sp³-hybridized carbons (Fsp3) is 0.0667. The van der Waals surface area contributed by atoms with Gasteiger partial charge < -0.3 is 15.8 Å². The predicted molar refractivity (Wildman–Crippen MR) is 93.0 cm³/mol. The topological polar surface area (TPSA) is 104 Å². The number of thiazole rings is 1. The van der Waals surface area contributed by atoms with Crippen molar-refractivity contribution in [2.24, 2.45) is 0 Å². The Morgan fingerprint density at radius 1 is 1.29 bits per heavy atom. The number of nitrogens with zero attached hydrogens (tertiary/aromatic N) is 5. The van der Waals surface area contributed by atoms with Gasteiger partial charge in [0.15, 0.2) is 16.8 Å². The Labute approximate surface area is 141 Å². The Morgan fingerprint density at radius 3 is 3.00 bits per heavy atom. The number of anilines is 3. The number of nitrogens with one attached hydrogen (secondary N) is 1. The first-order valence-electron chi connectivity index (χ1n) is 7.05. The summed E-state index contributed by atoms with van der Waals surface area (Å²) >= 11 is 1.50. The van der Waals surface area contributed by atoms with E-state index in [1.54, 1.807) is 30.4 Å². The normalized spacial score (nSPS) is 10.9. The van der Waals surface area contributed by atoms with E-state index in [0.29, 0.717) is 22.5 Å². The van der Waals surface area contributed by atoms with Crippen LogP contribution in [0.2, 0.25) is 0 Å². The van der Waals surface area contributed by atoms with Gasteiger partial charge in [-0.05, 0) is 18.2 Å². The molecule has 0 fully saturated rings. The third-order valence-electron chi connectivity index (χ3n) is 3.43. The fourth-order valence-electron chi connectivity index (χ4n) is 2.26. The Kier molecular flexibility index (Phi) is 3.47. The second kappa shape index (κ2) is 5.78. The zero-order valence-electron chi connectivity index (χ0n) is 12.7. The molecule has 0 unspecified atom stereocenters. The summed E-state index contributed by atoms with van der Waals surface area (Å²) in [7, 11) is 1.64. The summed E-state index contributed by atoms with van der Waals surface area (Å²) in [6, 6.07) is 5.73. The van der Waals surface area contributed by atoms with Gasteiger partial charge in [0.1, 0.15) is 24.1 Å².